The molecule has 0 amide bonds. The minimum Gasteiger partial charge on any atom is -0.478 e. The van der Waals surface area contributed by atoms with Crippen LogP contribution in [0.5, 0.6) is 0 Å². The first-order valence-electron chi connectivity index (χ1n) is 18.0. The van der Waals surface area contributed by atoms with Crippen molar-refractivity contribution in [2.75, 3.05) is 0 Å². The molecule has 0 aliphatic rings. The van der Waals surface area contributed by atoms with Crippen molar-refractivity contribution in [2.45, 2.75) is 6.54 Å². The summed E-state index contributed by atoms with van der Waals surface area (Å²) in [6.45, 7) is 0.816. The molecular weight excluding hydrogens is 953 g/mol. The third-order valence-corrected chi connectivity index (χ3v) is 10.2. The van der Waals surface area contributed by atoms with E-state index in [0.717, 1.165) is 17.7 Å². The van der Waals surface area contributed by atoms with Crippen molar-refractivity contribution in [1.82, 2.24) is 0 Å². The summed E-state index contributed by atoms with van der Waals surface area (Å²) in [6.07, 6.45) is -3.20. The molecule has 3 nitrogen and oxygen atoms in total. The molecule has 0 atom stereocenters. The molecule has 0 aliphatic carbocycles. The summed E-state index contributed by atoms with van der Waals surface area (Å²) in [5, 5.41) is 9.06. The van der Waals surface area contributed by atoms with Crippen LogP contribution >= 0.6 is 0 Å². The number of aromatic carboxylic acids is 1. The van der Waals surface area contributed by atoms with Crippen LogP contribution in [0.4, 0.5) is 87.8 Å². The molecule has 1 aromatic heterocycles. The van der Waals surface area contributed by atoms with Gasteiger partial charge in [0.05, 0.1) is 5.56 Å². The van der Waals surface area contributed by atoms with E-state index in [1.807, 2.05) is 48.8 Å². The number of hydrogen-bond donors (Lipinski definition) is 1. The molecule has 348 valence electrons. The number of carboxylic acid groups (broad SMARTS) is 1. The Hall–Kier alpha value is -7.40. The van der Waals surface area contributed by atoms with Gasteiger partial charge in [0, 0.05) is 17.7 Å². The van der Waals surface area contributed by atoms with Crippen molar-refractivity contribution in [3.63, 3.8) is 0 Å². The van der Waals surface area contributed by atoms with E-state index >= 15 is 35.1 Å². The van der Waals surface area contributed by atoms with E-state index in [1.165, 1.54) is 5.56 Å². The van der Waals surface area contributed by atoms with Crippen LogP contribution in [0.25, 0.3) is 11.1 Å². The van der Waals surface area contributed by atoms with Gasteiger partial charge in [-0.1, -0.05) is 42.5 Å². The van der Waals surface area contributed by atoms with Gasteiger partial charge in [0.15, 0.2) is 88.7 Å². The molecular formula is C43H16BF20NO2. The first-order valence-corrected chi connectivity index (χ1v) is 18.0. The minimum atomic E-state index is -7.22. The van der Waals surface area contributed by atoms with E-state index in [2.05, 4.69) is 16.7 Å². The lowest BCUT2D eigenvalue weighted by molar-refractivity contribution is -0.688. The van der Waals surface area contributed by atoms with Crippen molar-refractivity contribution in [2.24, 2.45) is 0 Å². The Morgan fingerprint density at radius 2 is 0.672 bits per heavy atom. The van der Waals surface area contributed by atoms with E-state index in [-0.39, 0.29) is 0 Å². The number of carboxylic acids is 1. The summed E-state index contributed by atoms with van der Waals surface area (Å²) in [6, 6.07) is 21.2. The smallest absolute Gasteiger partial charge is 0.335 e. The Morgan fingerprint density at radius 1 is 0.373 bits per heavy atom. The maximum absolute atomic E-state index is 15.4. The first-order chi connectivity index (χ1) is 31.4. The van der Waals surface area contributed by atoms with Crippen LogP contribution in [0.3, 0.4) is 0 Å². The average molecular weight is 969 g/mol. The van der Waals surface area contributed by atoms with E-state index in [9.17, 15) is 57.5 Å². The number of carbonyl (C=O) groups is 1. The van der Waals surface area contributed by atoms with Gasteiger partial charge >= 0.3 is 5.97 Å². The number of hydrogen-bond acceptors (Lipinski definition) is 1. The fraction of sp³-hybridized carbons (Fsp3) is 0.0233. The van der Waals surface area contributed by atoms with Gasteiger partial charge in [-0.25, -0.2) is 97.2 Å². The zero-order valence-electron chi connectivity index (χ0n) is 32.2. The molecule has 0 spiro atoms. The molecule has 24 heteroatoms. The van der Waals surface area contributed by atoms with E-state index < -0.39 is 150 Å². The van der Waals surface area contributed by atoms with Crippen molar-refractivity contribution in [3.05, 3.63) is 207 Å². The van der Waals surface area contributed by atoms with Gasteiger partial charge in [0.2, 0.25) is 0 Å². The third kappa shape index (κ3) is 8.06. The van der Waals surface area contributed by atoms with Gasteiger partial charge in [-0.3, -0.25) is 0 Å². The molecule has 67 heavy (non-hydrogen) atoms. The fourth-order valence-electron chi connectivity index (χ4n) is 7.26. The largest absolute Gasteiger partial charge is 0.478 e. The van der Waals surface area contributed by atoms with Crippen molar-refractivity contribution < 1.29 is 102 Å². The monoisotopic (exact) mass is 969 g/mol. The van der Waals surface area contributed by atoms with Crippen molar-refractivity contribution >= 4 is 34.0 Å². The zero-order valence-corrected chi connectivity index (χ0v) is 32.2. The number of benzene rings is 6. The number of aromatic nitrogens is 1. The van der Waals surface area contributed by atoms with Gasteiger partial charge in [-0.2, -0.15) is 0 Å². The zero-order chi connectivity index (χ0) is 49.7. The second kappa shape index (κ2) is 18.5. The number of halogens is 20. The highest BCUT2D eigenvalue weighted by Gasteiger charge is 2.52. The Balaban J connectivity index is 0.000000279. The lowest BCUT2D eigenvalue weighted by Gasteiger charge is -2.44. The van der Waals surface area contributed by atoms with Crippen LogP contribution in [0.1, 0.15) is 15.9 Å². The predicted molar refractivity (Wildman–Crippen MR) is 194 cm³/mol. The summed E-state index contributed by atoms with van der Waals surface area (Å²) in [4.78, 5) is 11.0. The molecule has 1 N–H and O–H groups in total. The molecule has 0 saturated heterocycles. The van der Waals surface area contributed by atoms with E-state index in [0.29, 0.717) is 5.56 Å². The van der Waals surface area contributed by atoms with Crippen LogP contribution in [0.2, 0.25) is 0 Å². The topological polar surface area (TPSA) is 41.2 Å². The molecule has 0 unspecified atom stereocenters. The van der Waals surface area contributed by atoms with E-state index in [4.69, 9.17) is 5.11 Å². The van der Waals surface area contributed by atoms with E-state index in [1.54, 1.807) is 18.2 Å². The molecule has 6 aromatic carbocycles. The summed E-state index contributed by atoms with van der Waals surface area (Å²) in [5.74, 6) is -72.3. The highest BCUT2D eigenvalue weighted by atomic mass is 19.2. The SMILES string of the molecule is Fc1c(F)c(F)c([B-](c2c(F)c(F)c(F)c(F)c2F)(c2c(F)c(F)c(F)c(F)c2F)c2c(F)c(F)c(F)c(F)c2F)c(F)c1F.O=C(O)c1cccc(-c2cc[n+](Cc3ccccc3)cc2)c1. The first kappa shape index (κ1) is 49.0. The maximum Gasteiger partial charge on any atom is 0.335 e. The molecule has 0 bridgehead atoms. The summed E-state index contributed by atoms with van der Waals surface area (Å²) >= 11 is 0. The van der Waals surface area contributed by atoms with Crippen LogP contribution in [-0.2, 0) is 6.54 Å². The normalized spacial score (nSPS) is 11.5. The number of pyridine rings is 1. The Kier molecular flexibility index (Phi) is 13.5. The lowest BCUT2D eigenvalue weighted by atomic mass is 9.12. The average Bonchev–Trinajstić information content (AvgIpc) is 3.32. The van der Waals surface area contributed by atoms with Gasteiger partial charge in [0.25, 0.3) is 0 Å². The van der Waals surface area contributed by atoms with Crippen molar-refractivity contribution in [1.29, 1.82) is 0 Å². The van der Waals surface area contributed by atoms with Gasteiger partial charge < -0.3 is 5.11 Å². The van der Waals surface area contributed by atoms with Gasteiger partial charge in [0.1, 0.15) is 52.7 Å². The predicted octanol–water partition coefficient (Wildman–Crippen LogP) is 9.23. The summed E-state index contributed by atoms with van der Waals surface area (Å²) in [5.41, 5.74) is -10.9. The standard InChI is InChI=1S/C24BF20.C19H15NO2/c26-5-1(6(27)14(35)21(42)13(5)34)25(2-7(28)15(36)22(43)16(37)8(2)29,3-9(30)17(38)23(44)18(39)10(3)31)4-11(32)19(40)24(45)20(41)12(4)33;21-19(22)18-8-4-7-17(13-18)16-9-11-20(12-10-16)14-15-5-2-1-3-6-15/h;1-13H,14H2/q-1;/p+1. The maximum atomic E-state index is 15.4. The Labute approximate surface area is 360 Å². The Bertz CT molecular complexity index is 2750. The number of nitrogens with zero attached hydrogens (tertiary/aromatic N) is 1. The van der Waals surface area contributed by atoms with Crippen LogP contribution in [0.15, 0.2) is 79.1 Å². The highest BCUT2D eigenvalue weighted by molar-refractivity contribution is 7.20. The molecule has 0 saturated carbocycles. The highest BCUT2D eigenvalue weighted by Crippen LogP contribution is 2.31. The van der Waals surface area contributed by atoms with Crippen molar-refractivity contribution in [3.8, 4) is 11.1 Å². The quantitative estimate of drug-likeness (QED) is 0.0543. The van der Waals surface area contributed by atoms with Crippen LogP contribution in [-0.4, -0.2) is 17.2 Å². The lowest BCUT2D eigenvalue weighted by Crippen LogP contribution is -2.81. The second-order valence-corrected chi connectivity index (χ2v) is 13.9. The molecule has 1 heterocycles. The Morgan fingerprint density at radius 3 is 0.970 bits per heavy atom. The minimum absolute atomic E-state index is 0.304. The van der Waals surface area contributed by atoms with Crippen LogP contribution in [0, 0.1) is 116 Å². The molecule has 0 radical (unpaired) electrons. The summed E-state index contributed by atoms with van der Waals surface area (Å²) < 4.78 is 296. The molecule has 0 aliphatic heterocycles. The number of rotatable bonds is 8. The molecule has 7 rings (SSSR count). The van der Waals surface area contributed by atoms with Gasteiger partial charge in [-0.15, -0.1) is 21.9 Å². The summed E-state index contributed by atoms with van der Waals surface area (Å²) in [7, 11) is 0. The second-order valence-electron chi connectivity index (χ2n) is 13.9. The van der Waals surface area contributed by atoms with Crippen LogP contribution < -0.4 is 26.4 Å². The fourth-order valence-corrected chi connectivity index (χ4v) is 7.26. The van der Waals surface area contributed by atoms with Gasteiger partial charge in [-0.05, 0) is 23.3 Å². The molecule has 0 fully saturated rings. The third-order valence-electron chi connectivity index (χ3n) is 10.2. The molecule has 7 aromatic rings.